The zero-order valence-electron chi connectivity index (χ0n) is 12.7. The van der Waals surface area contributed by atoms with Crippen LogP contribution in [0.25, 0.3) is 11.0 Å². The molecule has 118 valence electrons. The molecule has 4 nitrogen and oxygen atoms in total. The van der Waals surface area contributed by atoms with Crippen LogP contribution in [-0.2, 0) is 13.0 Å². The van der Waals surface area contributed by atoms with E-state index >= 15 is 0 Å². The minimum atomic E-state index is -0.895. The number of nitrogens with zero attached hydrogens (tertiary/aromatic N) is 1. The Morgan fingerprint density at radius 1 is 1.32 bits per heavy atom. The first kappa shape index (κ1) is 15.6. The lowest BCUT2D eigenvalue weighted by molar-refractivity contribution is 0.0698. The average molecular weight is 366 g/mol. The van der Waals surface area contributed by atoms with Gasteiger partial charge in [-0.3, -0.25) is 4.90 Å². The van der Waals surface area contributed by atoms with Gasteiger partial charge in [0.15, 0.2) is 0 Å². The summed E-state index contributed by atoms with van der Waals surface area (Å²) in [5, 5.41) is 10.3. The van der Waals surface area contributed by atoms with E-state index < -0.39 is 5.97 Å². The Labute approximate surface area is 138 Å². The van der Waals surface area contributed by atoms with Crippen LogP contribution >= 0.6 is 15.9 Å². The van der Waals surface area contributed by atoms with Crippen molar-refractivity contribution in [2.45, 2.75) is 39.2 Å². The van der Waals surface area contributed by atoms with E-state index in [-0.39, 0.29) is 0 Å². The number of carboxylic acid groups (broad SMARTS) is 1. The van der Waals surface area contributed by atoms with E-state index in [9.17, 15) is 9.90 Å². The maximum absolute atomic E-state index is 11.7. The average Bonchev–Trinajstić information content (AvgIpc) is 2.88. The molecule has 3 rings (SSSR count). The number of piperidine rings is 1. The zero-order chi connectivity index (χ0) is 15.7. The maximum atomic E-state index is 11.7. The lowest BCUT2D eigenvalue weighted by Crippen LogP contribution is -2.28. The van der Waals surface area contributed by atoms with Crippen molar-refractivity contribution in [2.24, 2.45) is 0 Å². The first-order valence-corrected chi connectivity index (χ1v) is 8.59. The van der Waals surface area contributed by atoms with Gasteiger partial charge in [0.05, 0.1) is 12.1 Å². The Hall–Kier alpha value is -1.33. The Morgan fingerprint density at radius 3 is 2.68 bits per heavy atom. The van der Waals surface area contributed by atoms with Crippen molar-refractivity contribution < 1.29 is 14.3 Å². The van der Waals surface area contributed by atoms with Crippen molar-refractivity contribution in [3.05, 3.63) is 33.5 Å². The van der Waals surface area contributed by atoms with Crippen molar-refractivity contribution in [3.63, 3.8) is 0 Å². The van der Waals surface area contributed by atoms with E-state index in [0.717, 1.165) is 35.4 Å². The molecule has 0 spiro atoms. The molecule has 0 radical (unpaired) electrons. The highest BCUT2D eigenvalue weighted by Crippen LogP contribution is 2.33. The molecule has 22 heavy (non-hydrogen) atoms. The van der Waals surface area contributed by atoms with Crippen LogP contribution in [0.15, 0.2) is 21.0 Å². The molecule has 0 bridgehead atoms. The number of furan rings is 1. The molecular formula is C17H20BrNO3. The predicted octanol–water partition coefficient (Wildman–Crippen LogP) is 4.44. The first-order chi connectivity index (χ1) is 10.6. The molecular weight excluding hydrogens is 346 g/mol. The lowest BCUT2D eigenvalue weighted by atomic mass is 10.0. The van der Waals surface area contributed by atoms with Gasteiger partial charge in [0.1, 0.15) is 11.3 Å². The highest BCUT2D eigenvalue weighted by Gasteiger charge is 2.21. The van der Waals surface area contributed by atoms with E-state index in [1.807, 2.05) is 19.1 Å². The van der Waals surface area contributed by atoms with Crippen molar-refractivity contribution in [1.29, 1.82) is 0 Å². The molecule has 0 amide bonds. The third kappa shape index (κ3) is 2.92. The van der Waals surface area contributed by atoms with Crippen LogP contribution in [0.3, 0.4) is 0 Å². The van der Waals surface area contributed by atoms with Gasteiger partial charge in [-0.1, -0.05) is 29.3 Å². The number of likely N-dealkylation sites (tertiary alicyclic amines) is 1. The van der Waals surface area contributed by atoms with Crippen LogP contribution in [-0.4, -0.2) is 29.1 Å². The maximum Gasteiger partial charge on any atom is 0.336 e. The molecule has 0 aliphatic carbocycles. The minimum Gasteiger partial charge on any atom is -0.478 e. The number of benzene rings is 1. The van der Waals surface area contributed by atoms with E-state index in [0.29, 0.717) is 23.0 Å². The fraction of sp³-hybridized carbons (Fsp3) is 0.471. The second kappa shape index (κ2) is 6.42. The van der Waals surface area contributed by atoms with Gasteiger partial charge >= 0.3 is 5.97 Å². The lowest BCUT2D eigenvalue weighted by Gasteiger charge is -2.25. The topological polar surface area (TPSA) is 53.7 Å². The summed E-state index contributed by atoms with van der Waals surface area (Å²) in [7, 11) is 0. The summed E-state index contributed by atoms with van der Waals surface area (Å²) in [6, 6.07) is 3.79. The van der Waals surface area contributed by atoms with Crippen molar-refractivity contribution in [3.8, 4) is 0 Å². The van der Waals surface area contributed by atoms with Crippen molar-refractivity contribution >= 4 is 32.9 Å². The minimum absolute atomic E-state index is 0.362. The Kier molecular flexibility index (Phi) is 4.54. The van der Waals surface area contributed by atoms with E-state index in [1.54, 1.807) is 0 Å². The SMILES string of the molecule is CCc1c(Br)cc2oc(CN3CCCCC3)cc2c1C(=O)O. The molecule has 0 saturated carbocycles. The quantitative estimate of drug-likeness (QED) is 0.869. The van der Waals surface area contributed by atoms with Crippen molar-refractivity contribution in [2.75, 3.05) is 13.1 Å². The highest BCUT2D eigenvalue weighted by atomic mass is 79.9. The van der Waals surface area contributed by atoms with Gasteiger partial charge in [0.25, 0.3) is 0 Å². The van der Waals surface area contributed by atoms with Gasteiger partial charge in [-0.15, -0.1) is 0 Å². The number of halogens is 1. The highest BCUT2D eigenvalue weighted by molar-refractivity contribution is 9.10. The van der Waals surface area contributed by atoms with Gasteiger partial charge < -0.3 is 9.52 Å². The zero-order valence-corrected chi connectivity index (χ0v) is 14.3. The van der Waals surface area contributed by atoms with Gasteiger partial charge in [-0.2, -0.15) is 0 Å². The number of hydrogen-bond donors (Lipinski definition) is 1. The molecule has 1 saturated heterocycles. The fourth-order valence-electron chi connectivity index (χ4n) is 3.25. The third-order valence-corrected chi connectivity index (χ3v) is 5.03. The normalized spacial score (nSPS) is 16.3. The molecule has 2 heterocycles. The largest absolute Gasteiger partial charge is 0.478 e. The number of rotatable bonds is 4. The number of hydrogen-bond acceptors (Lipinski definition) is 3. The number of fused-ring (bicyclic) bond motifs is 1. The van der Waals surface area contributed by atoms with E-state index in [4.69, 9.17) is 4.42 Å². The Morgan fingerprint density at radius 2 is 2.05 bits per heavy atom. The van der Waals surface area contributed by atoms with Crippen LogP contribution in [0, 0.1) is 0 Å². The Bertz CT molecular complexity index is 701. The standard InChI is InChI=1S/C17H20BrNO3/c1-2-12-14(18)9-15-13(16(12)17(20)21)8-11(22-15)10-19-6-4-3-5-7-19/h8-9H,2-7,10H2,1H3,(H,20,21). The summed E-state index contributed by atoms with van der Waals surface area (Å²) in [6.45, 7) is 4.90. The predicted molar refractivity (Wildman–Crippen MR) is 89.4 cm³/mol. The van der Waals surface area contributed by atoms with Gasteiger partial charge in [-0.05, 0) is 50.0 Å². The molecule has 5 heteroatoms. The molecule has 1 aromatic heterocycles. The Balaban J connectivity index is 2.01. The van der Waals surface area contributed by atoms with Crippen LogP contribution in [0.2, 0.25) is 0 Å². The number of aromatic carboxylic acids is 1. The smallest absolute Gasteiger partial charge is 0.336 e. The molecule has 0 atom stereocenters. The molecule has 2 aromatic rings. The van der Waals surface area contributed by atoms with E-state index in [1.165, 1.54) is 19.3 Å². The fourth-order valence-corrected chi connectivity index (χ4v) is 3.94. The third-order valence-electron chi connectivity index (χ3n) is 4.32. The van der Waals surface area contributed by atoms with Gasteiger partial charge in [-0.25, -0.2) is 4.79 Å². The number of carboxylic acids is 1. The molecule has 1 aliphatic rings. The summed E-state index contributed by atoms with van der Waals surface area (Å²) in [4.78, 5) is 14.0. The van der Waals surface area contributed by atoms with Crippen LogP contribution in [0.5, 0.6) is 0 Å². The molecule has 0 unspecified atom stereocenters. The van der Waals surface area contributed by atoms with Crippen LogP contribution < -0.4 is 0 Å². The first-order valence-electron chi connectivity index (χ1n) is 7.79. The van der Waals surface area contributed by atoms with Crippen LogP contribution in [0.4, 0.5) is 0 Å². The monoisotopic (exact) mass is 365 g/mol. The summed E-state index contributed by atoms with van der Waals surface area (Å²) >= 11 is 3.47. The molecule has 1 fully saturated rings. The summed E-state index contributed by atoms with van der Waals surface area (Å²) < 4.78 is 6.71. The van der Waals surface area contributed by atoms with Crippen LogP contribution in [0.1, 0.15) is 47.9 Å². The summed E-state index contributed by atoms with van der Waals surface area (Å²) in [5.41, 5.74) is 1.83. The molecule has 1 N–H and O–H groups in total. The second-order valence-electron chi connectivity index (χ2n) is 5.83. The molecule has 1 aliphatic heterocycles. The second-order valence-corrected chi connectivity index (χ2v) is 6.69. The summed E-state index contributed by atoms with van der Waals surface area (Å²) in [5.74, 6) is -0.0481. The van der Waals surface area contributed by atoms with Crippen molar-refractivity contribution in [1.82, 2.24) is 4.90 Å². The van der Waals surface area contributed by atoms with E-state index in [2.05, 4.69) is 20.8 Å². The molecule has 1 aromatic carbocycles. The van der Waals surface area contributed by atoms with Gasteiger partial charge in [0.2, 0.25) is 0 Å². The number of carbonyl (C=O) groups is 1. The van der Waals surface area contributed by atoms with Gasteiger partial charge in [0, 0.05) is 9.86 Å². The summed E-state index contributed by atoms with van der Waals surface area (Å²) in [6.07, 6.45) is 4.43.